The van der Waals surface area contributed by atoms with Gasteiger partial charge in [-0.15, -0.1) is 0 Å². The zero-order valence-electron chi connectivity index (χ0n) is 13.6. The molecule has 0 saturated carbocycles. The van der Waals surface area contributed by atoms with E-state index in [1.807, 2.05) is 6.26 Å². The summed E-state index contributed by atoms with van der Waals surface area (Å²) in [6.45, 7) is 6.63. The lowest BCUT2D eigenvalue weighted by Crippen LogP contribution is -2.44. The first-order valence-electron chi connectivity index (χ1n) is 8.61. The van der Waals surface area contributed by atoms with E-state index in [1.54, 1.807) is 0 Å². The van der Waals surface area contributed by atoms with E-state index in [9.17, 15) is 0 Å². The van der Waals surface area contributed by atoms with E-state index in [2.05, 4.69) is 47.5 Å². The normalized spacial score (nSPS) is 23.4. The minimum Gasteiger partial charge on any atom is -0.497 e. The summed E-state index contributed by atoms with van der Waals surface area (Å²) >= 11 is 0. The molecule has 0 aliphatic carbocycles. The van der Waals surface area contributed by atoms with E-state index in [0.29, 0.717) is 12.1 Å². The van der Waals surface area contributed by atoms with Gasteiger partial charge >= 0.3 is 0 Å². The van der Waals surface area contributed by atoms with Gasteiger partial charge in [0.2, 0.25) is 0 Å². The summed E-state index contributed by atoms with van der Waals surface area (Å²) in [4.78, 5) is 2.58. The fraction of sp³-hybridized carbons (Fsp3) is 0.579. The number of ether oxygens (including phenoxy) is 1. The Morgan fingerprint density at radius 3 is 2.82 bits per heavy atom. The van der Waals surface area contributed by atoms with Gasteiger partial charge in [-0.1, -0.05) is 29.8 Å². The smallest absolute Gasteiger partial charge is 0.110 e. The Bertz CT molecular complexity index is 492. The van der Waals surface area contributed by atoms with Gasteiger partial charge in [0, 0.05) is 19.1 Å². The quantitative estimate of drug-likeness (QED) is 0.903. The molecule has 0 amide bonds. The Labute approximate surface area is 134 Å². The van der Waals surface area contributed by atoms with Crippen LogP contribution < -0.4 is 5.32 Å². The summed E-state index contributed by atoms with van der Waals surface area (Å²) in [5, 5.41) is 3.70. The van der Waals surface area contributed by atoms with Crippen molar-refractivity contribution in [3.05, 3.63) is 47.7 Å². The molecule has 2 heterocycles. The van der Waals surface area contributed by atoms with Crippen LogP contribution in [0.3, 0.4) is 0 Å². The first-order chi connectivity index (χ1) is 10.8. The molecular weight excluding hydrogens is 272 g/mol. The summed E-state index contributed by atoms with van der Waals surface area (Å²) in [5.41, 5.74) is 2.80. The van der Waals surface area contributed by atoms with Crippen molar-refractivity contribution in [1.29, 1.82) is 0 Å². The lowest BCUT2D eigenvalue weighted by Gasteiger charge is -2.33. The van der Waals surface area contributed by atoms with Gasteiger partial charge in [0.05, 0.1) is 6.26 Å². The van der Waals surface area contributed by atoms with Crippen molar-refractivity contribution in [2.24, 2.45) is 0 Å². The molecule has 1 unspecified atom stereocenters. The van der Waals surface area contributed by atoms with Crippen molar-refractivity contribution in [3.8, 4) is 0 Å². The number of benzene rings is 1. The third-order valence-corrected chi connectivity index (χ3v) is 4.73. The van der Waals surface area contributed by atoms with Crippen LogP contribution in [0.4, 0.5) is 0 Å². The number of hydrogen-bond donors (Lipinski definition) is 1. The number of likely N-dealkylation sites (tertiary alicyclic amines) is 1. The molecular formula is C19H28N2O. The predicted octanol–water partition coefficient (Wildman–Crippen LogP) is 3.24. The topological polar surface area (TPSA) is 24.5 Å². The molecule has 2 aliphatic rings. The molecule has 1 aromatic rings. The second-order valence-electron chi connectivity index (χ2n) is 6.65. The van der Waals surface area contributed by atoms with Gasteiger partial charge in [-0.3, -0.25) is 4.90 Å². The average Bonchev–Trinajstić information content (AvgIpc) is 2.55. The second kappa shape index (κ2) is 7.80. The summed E-state index contributed by atoms with van der Waals surface area (Å²) in [7, 11) is 0. The SMILES string of the molecule is Cc1cccc(CN2CCC(NCC3CCC=CO3)CC2)c1. The monoisotopic (exact) mass is 300 g/mol. The number of aryl methyl sites for hydroxylation is 1. The first kappa shape index (κ1) is 15.6. The molecule has 3 heteroatoms. The molecule has 1 aromatic carbocycles. The van der Waals surface area contributed by atoms with E-state index in [-0.39, 0.29) is 0 Å². The Morgan fingerprint density at radius 2 is 2.09 bits per heavy atom. The average molecular weight is 300 g/mol. The maximum absolute atomic E-state index is 5.63. The van der Waals surface area contributed by atoms with Crippen molar-refractivity contribution in [2.45, 2.75) is 51.3 Å². The van der Waals surface area contributed by atoms with Crippen LogP contribution in [-0.2, 0) is 11.3 Å². The zero-order valence-corrected chi connectivity index (χ0v) is 13.6. The van der Waals surface area contributed by atoms with Gasteiger partial charge in [-0.25, -0.2) is 0 Å². The standard InChI is InChI=1S/C19H28N2O/c1-16-5-4-6-17(13-16)15-21-10-8-18(9-11-21)20-14-19-7-2-3-12-22-19/h3-6,12-13,18-20H,2,7-11,14-15H2,1H3. The van der Waals surface area contributed by atoms with Crippen LogP contribution in [-0.4, -0.2) is 36.7 Å². The molecule has 0 radical (unpaired) electrons. The van der Waals surface area contributed by atoms with Crippen LogP contribution in [0.15, 0.2) is 36.6 Å². The highest BCUT2D eigenvalue weighted by molar-refractivity contribution is 5.22. The summed E-state index contributed by atoms with van der Waals surface area (Å²) < 4.78 is 5.63. The van der Waals surface area contributed by atoms with Gasteiger partial charge in [-0.2, -0.15) is 0 Å². The molecule has 1 N–H and O–H groups in total. The van der Waals surface area contributed by atoms with E-state index >= 15 is 0 Å². The summed E-state index contributed by atoms with van der Waals surface area (Å²) in [5.74, 6) is 0. The second-order valence-corrected chi connectivity index (χ2v) is 6.65. The highest BCUT2D eigenvalue weighted by atomic mass is 16.5. The number of allylic oxidation sites excluding steroid dienone is 1. The van der Waals surface area contributed by atoms with Gasteiger partial charge < -0.3 is 10.1 Å². The van der Waals surface area contributed by atoms with Gasteiger partial charge in [0.25, 0.3) is 0 Å². The molecule has 1 fully saturated rings. The van der Waals surface area contributed by atoms with E-state index in [4.69, 9.17) is 4.74 Å². The third-order valence-electron chi connectivity index (χ3n) is 4.73. The van der Waals surface area contributed by atoms with Crippen molar-refractivity contribution < 1.29 is 4.74 Å². The van der Waals surface area contributed by atoms with Crippen LogP contribution in [0.5, 0.6) is 0 Å². The van der Waals surface area contributed by atoms with Crippen molar-refractivity contribution in [1.82, 2.24) is 10.2 Å². The molecule has 1 atom stereocenters. The van der Waals surface area contributed by atoms with E-state index < -0.39 is 0 Å². The number of hydrogen-bond acceptors (Lipinski definition) is 3. The molecule has 0 bridgehead atoms. The number of piperidine rings is 1. The minimum absolute atomic E-state index is 0.371. The van der Waals surface area contributed by atoms with Crippen LogP contribution in [0.1, 0.15) is 36.8 Å². The van der Waals surface area contributed by atoms with E-state index in [1.165, 1.54) is 37.1 Å². The maximum atomic E-state index is 5.63. The molecule has 3 rings (SSSR count). The Kier molecular flexibility index (Phi) is 5.52. The number of nitrogens with zero attached hydrogens (tertiary/aromatic N) is 1. The lowest BCUT2D eigenvalue weighted by molar-refractivity contribution is 0.111. The van der Waals surface area contributed by atoms with Crippen molar-refractivity contribution in [3.63, 3.8) is 0 Å². The Morgan fingerprint density at radius 1 is 1.23 bits per heavy atom. The van der Waals surface area contributed by atoms with Crippen molar-refractivity contribution >= 4 is 0 Å². The van der Waals surface area contributed by atoms with Gasteiger partial charge in [-0.05, 0) is 57.3 Å². The molecule has 0 aromatic heterocycles. The molecule has 3 nitrogen and oxygen atoms in total. The predicted molar refractivity (Wildman–Crippen MR) is 90.7 cm³/mol. The molecule has 2 aliphatic heterocycles. The largest absolute Gasteiger partial charge is 0.497 e. The summed E-state index contributed by atoms with van der Waals surface area (Å²) in [6.07, 6.45) is 9.13. The lowest BCUT2D eigenvalue weighted by atomic mass is 10.0. The molecule has 120 valence electrons. The van der Waals surface area contributed by atoms with Gasteiger partial charge in [0.1, 0.15) is 6.10 Å². The van der Waals surface area contributed by atoms with Crippen LogP contribution in [0, 0.1) is 6.92 Å². The molecule has 1 saturated heterocycles. The fourth-order valence-electron chi connectivity index (χ4n) is 3.40. The molecule has 22 heavy (non-hydrogen) atoms. The minimum atomic E-state index is 0.371. The number of rotatable bonds is 5. The Hall–Kier alpha value is -1.32. The first-order valence-corrected chi connectivity index (χ1v) is 8.61. The highest BCUT2D eigenvalue weighted by Crippen LogP contribution is 2.16. The Balaban J connectivity index is 1.38. The van der Waals surface area contributed by atoms with Crippen molar-refractivity contribution in [2.75, 3.05) is 19.6 Å². The summed E-state index contributed by atoms with van der Waals surface area (Å²) in [6, 6.07) is 9.53. The third kappa shape index (κ3) is 4.59. The van der Waals surface area contributed by atoms with Gasteiger partial charge in [0.15, 0.2) is 0 Å². The van der Waals surface area contributed by atoms with Crippen LogP contribution in [0.25, 0.3) is 0 Å². The molecule has 0 spiro atoms. The van der Waals surface area contributed by atoms with Crippen LogP contribution >= 0.6 is 0 Å². The number of nitrogens with one attached hydrogen (secondary N) is 1. The highest BCUT2D eigenvalue weighted by Gasteiger charge is 2.20. The fourth-order valence-corrected chi connectivity index (χ4v) is 3.40. The zero-order chi connectivity index (χ0) is 15.2. The van der Waals surface area contributed by atoms with Crippen LogP contribution in [0.2, 0.25) is 0 Å². The van der Waals surface area contributed by atoms with E-state index in [0.717, 1.165) is 25.9 Å². The maximum Gasteiger partial charge on any atom is 0.110 e.